The van der Waals surface area contributed by atoms with Crippen molar-refractivity contribution in [1.29, 1.82) is 0 Å². The number of rotatable bonds is 1. The van der Waals surface area contributed by atoms with Gasteiger partial charge in [0.15, 0.2) is 0 Å². The predicted molar refractivity (Wildman–Crippen MR) is 88.1 cm³/mol. The zero-order valence-corrected chi connectivity index (χ0v) is 12.8. The van der Waals surface area contributed by atoms with Gasteiger partial charge in [0.25, 0.3) is 0 Å². The van der Waals surface area contributed by atoms with Gasteiger partial charge in [0.2, 0.25) is 0 Å². The molecular formula is C16H9BrN2S. The molecule has 1 heterocycles. The highest BCUT2D eigenvalue weighted by atomic mass is 79.9. The van der Waals surface area contributed by atoms with Crippen LogP contribution >= 0.6 is 27.7 Å². The van der Waals surface area contributed by atoms with E-state index in [1.165, 1.54) is 28.1 Å². The number of fused-ring (bicyclic) bond motifs is 2. The summed E-state index contributed by atoms with van der Waals surface area (Å²) in [5.74, 6) is 0. The Bertz CT molecular complexity index is 916. The molecule has 0 saturated heterocycles. The van der Waals surface area contributed by atoms with Crippen molar-refractivity contribution in [2.24, 2.45) is 0 Å². The normalized spacial score (nSPS) is 11.2. The molecule has 0 fully saturated rings. The first-order valence-corrected chi connectivity index (χ1v) is 7.76. The van der Waals surface area contributed by atoms with Gasteiger partial charge in [-0.1, -0.05) is 54.6 Å². The lowest BCUT2D eigenvalue weighted by molar-refractivity contribution is 1.61. The van der Waals surface area contributed by atoms with Crippen molar-refractivity contribution >= 4 is 49.5 Å². The summed E-state index contributed by atoms with van der Waals surface area (Å²) < 4.78 is 9.97. The van der Waals surface area contributed by atoms with Crippen molar-refractivity contribution in [3.8, 4) is 11.1 Å². The minimum absolute atomic E-state index is 0.938. The predicted octanol–water partition coefficient (Wildman–Crippen LogP) is 5.27. The Morgan fingerprint density at radius 1 is 0.750 bits per heavy atom. The van der Waals surface area contributed by atoms with Crippen LogP contribution in [-0.2, 0) is 0 Å². The molecule has 4 heteroatoms. The summed E-state index contributed by atoms with van der Waals surface area (Å²) >= 11 is 4.93. The minimum Gasteiger partial charge on any atom is -0.172 e. The lowest BCUT2D eigenvalue weighted by Gasteiger charge is -2.09. The Balaban J connectivity index is 2.27. The molecule has 0 saturated carbocycles. The maximum Gasteiger partial charge on any atom is 0.120 e. The fourth-order valence-corrected chi connectivity index (χ4v) is 3.84. The van der Waals surface area contributed by atoms with Crippen LogP contribution in [-0.4, -0.2) is 8.75 Å². The average molecular weight is 341 g/mol. The molecule has 0 aliphatic heterocycles. The molecule has 0 unspecified atom stereocenters. The minimum atomic E-state index is 0.938. The summed E-state index contributed by atoms with van der Waals surface area (Å²) in [5, 5.41) is 2.37. The summed E-state index contributed by atoms with van der Waals surface area (Å²) in [4.78, 5) is 0. The Morgan fingerprint density at radius 2 is 1.40 bits per heavy atom. The van der Waals surface area contributed by atoms with E-state index in [0.29, 0.717) is 0 Å². The molecule has 0 radical (unpaired) electrons. The van der Waals surface area contributed by atoms with E-state index in [4.69, 9.17) is 0 Å². The molecule has 2 nitrogen and oxygen atoms in total. The van der Waals surface area contributed by atoms with Gasteiger partial charge in [-0.2, -0.15) is 8.75 Å². The first-order chi connectivity index (χ1) is 9.86. The largest absolute Gasteiger partial charge is 0.172 e. The molecule has 0 atom stereocenters. The molecule has 1 aromatic heterocycles. The quantitative estimate of drug-likeness (QED) is 0.471. The highest BCUT2D eigenvalue weighted by Crippen LogP contribution is 2.40. The average Bonchev–Trinajstić information content (AvgIpc) is 2.98. The monoisotopic (exact) mass is 340 g/mol. The summed E-state index contributed by atoms with van der Waals surface area (Å²) in [6.07, 6.45) is 0. The number of halogens is 1. The van der Waals surface area contributed by atoms with Gasteiger partial charge in [-0.15, -0.1) is 0 Å². The maximum absolute atomic E-state index is 4.51. The van der Waals surface area contributed by atoms with Crippen LogP contribution < -0.4 is 0 Å². The molecule has 0 aliphatic rings. The third-order valence-electron chi connectivity index (χ3n) is 3.43. The van der Waals surface area contributed by atoms with Gasteiger partial charge < -0.3 is 0 Å². The SMILES string of the molecule is Brc1c2ccccc2c(-c2ccccc2)c2nsnc12. The standard InChI is InChI=1S/C16H9BrN2S/c17-14-12-9-5-4-8-11(12)13(10-6-2-1-3-7-10)15-16(14)19-20-18-15/h1-9H. The lowest BCUT2D eigenvalue weighted by atomic mass is 9.97. The van der Waals surface area contributed by atoms with Crippen molar-refractivity contribution < 1.29 is 0 Å². The van der Waals surface area contributed by atoms with Gasteiger partial charge in [0, 0.05) is 5.56 Å². The molecule has 96 valence electrons. The number of nitrogens with zero attached hydrogens (tertiary/aromatic N) is 2. The van der Waals surface area contributed by atoms with E-state index in [-0.39, 0.29) is 0 Å². The fourth-order valence-electron chi connectivity index (χ4n) is 2.54. The molecule has 3 aromatic carbocycles. The third kappa shape index (κ3) is 1.69. The number of benzene rings is 3. The van der Waals surface area contributed by atoms with Crippen molar-refractivity contribution in [1.82, 2.24) is 8.75 Å². The number of hydrogen-bond acceptors (Lipinski definition) is 3. The third-order valence-corrected chi connectivity index (χ3v) is 4.76. The molecule has 0 spiro atoms. The van der Waals surface area contributed by atoms with Crippen LogP contribution in [0.1, 0.15) is 0 Å². The van der Waals surface area contributed by atoms with E-state index in [1.807, 2.05) is 12.1 Å². The van der Waals surface area contributed by atoms with Gasteiger partial charge in [-0.25, -0.2) is 0 Å². The number of hydrogen-bond donors (Lipinski definition) is 0. The van der Waals surface area contributed by atoms with Crippen LogP contribution in [0.5, 0.6) is 0 Å². The van der Waals surface area contributed by atoms with Gasteiger partial charge >= 0.3 is 0 Å². The Kier molecular flexibility index (Phi) is 2.79. The molecule has 0 aliphatic carbocycles. The van der Waals surface area contributed by atoms with Crippen molar-refractivity contribution in [3.05, 3.63) is 59.1 Å². The second kappa shape index (κ2) is 4.65. The molecule has 4 aromatic rings. The van der Waals surface area contributed by atoms with Gasteiger partial charge in [0.05, 0.1) is 16.2 Å². The molecule has 0 bridgehead atoms. The van der Waals surface area contributed by atoms with Crippen LogP contribution in [0.25, 0.3) is 32.9 Å². The van der Waals surface area contributed by atoms with Crippen LogP contribution in [0.3, 0.4) is 0 Å². The van der Waals surface area contributed by atoms with Gasteiger partial charge in [0.1, 0.15) is 11.0 Å². The number of aromatic nitrogens is 2. The Hall–Kier alpha value is -1.78. The molecule has 20 heavy (non-hydrogen) atoms. The lowest BCUT2D eigenvalue weighted by Crippen LogP contribution is -1.86. The van der Waals surface area contributed by atoms with E-state index in [0.717, 1.165) is 21.1 Å². The van der Waals surface area contributed by atoms with E-state index in [2.05, 4.69) is 67.1 Å². The van der Waals surface area contributed by atoms with Crippen molar-refractivity contribution in [2.75, 3.05) is 0 Å². The summed E-state index contributed by atoms with van der Waals surface area (Å²) in [6.45, 7) is 0. The first-order valence-electron chi connectivity index (χ1n) is 6.24. The molecule has 0 N–H and O–H groups in total. The zero-order chi connectivity index (χ0) is 13.5. The van der Waals surface area contributed by atoms with E-state index in [9.17, 15) is 0 Å². The van der Waals surface area contributed by atoms with Gasteiger partial charge in [-0.3, -0.25) is 0 Å². The molecule has 4 rings (SSSR count). The Morgan fingerprint density at radius 3 is 2.20 bits per heavy atom. The van der Waals surface area contributed by atoms with Crippen LogP contribution in [0, 0.1) is 0 Å². The highest BCUT2D eigenvalue weighted by Gasteiger charge is 2.16. The second-order valence-electron chi connectivity index (χ2n) is 4.56. The zero-order valence-electron chi connectivity index (χ0n) is 10.4. The summed E-state index contributed by atoms with van der Waals surface area (Å²) in [6, 6.07) is 18.7. The van der Waals surface area contributed by atoms with E-state index >= 15 is 0 Å². The molecule has 0 amide bonds. The topological polar surface area (TPSA) is 25.8 Å². The Labute approximate surface area is 128 Å². The van der Waals surface area contributed by atoms with Crippen molar-refractivity contribution in [2.45, 2.75) is 0 Å². The molecular weight excluding hydrogens is 332 g/mol. The fraction of sp³-hybridized carbons (Fsp3) is 0. The second-order valence-corrected chi connectivity index (χ2v) is 5.88. The maximum atomic E-state index is 4.51. The van der Waals surface area contributed by atoms with E-state index in [1.54, 1.807) is 0 Å². The first kappa shape index (κ1) is 12.0. The van der Waals surface area contributed by atoms with Crippen molar-refractivity contribution in [3.63, 3.8) is 0 Å². The smallest absolute Gasteiger partial charge is 0.120 e. The summed E-state index contributed by atoms with van der Waals surface area (Å²) in [7, 11) is 0. The summed E-state index contributed by atoms with van der Waals surface area (Å²) in [5.41, 5.74) is 4.24. The highest BCUT2D eigenvalue weighted by molar-refractivity contribution is 9.10. The van der Waals surface area contributed by atoms with Gasteiger partial charge in [-0.05, 0) is 32.3 Å². The van der Waals surface area contributed by atoms with Crippen LogP contribution in [0.15, 0.2) is 59.1 Å². The van der Waals surface area contributed by atoms with Crippen LogP contribution in [0.2, 0.25) is 0 Å². The van der Waals surface area contributed by atoms with Crippen LogP contribution in [0.4, 0.5) is 0 Å². The van der Waals surface area contributed by atoms with E-state index < -0.39 is 0 Å².